The summed E-state index contributed by atoms with van der Waals surface area (Å²) in [6.45, 7) is 1.91. The van der Waals surface area contributed by atoms with Crippen molar-refractivity contribution in [3.63, 3.8) is 0 Å². The molecule has 0 heterocycles. The number of benzene rings is 1. The Morgan fingerprint density at radius 1 is 1.52 bits per heavy atom. The summed E-state index contributed by atoms with van der Waals surface area (Å²) in [5.41, 5.74) is 6.01. The van der Waals surface area contributed by atoms with Gasteiger partial charge in [0.1, 0.15) is 5.75 Å². The number of thioether (sulfide) groups is 1. The van der Waals surface area contributed by atoms with Gasteiger partial charge in [-0.15, -0.1) is 0 Å². The third-order valence-electron chi connectivity index (χ3n) is 2.86. The maximum Gasteiger partial charge on any atom is 0.258 e. The maximum atomic E-state index is 11.9. The molecule has 1 atom stereocenters. The van der Waals surface area contributed by atoms with Gasteiger partial charge in [0, 0.05) is 11.8 Å². The van der Waals surface area contributed by atoms with E-state index in [0.717, 1.165) is 12.2 Å². The Kier molecular flexibility index (Phi) is 7.45. The standard InChI is InChI=1S/C14H21N3O3S/c1-3-10(9-21-2)16-13(18)8-20-12-7-5-4-6-11(12)14(15)17-19/h4-7,10,19H,3,8-9H2,1-2H3,(H2,15,17)(H,16,18). The number of rotatable bonds is 8. The summed E-state index contributed by atoms with van der Waals surface area (Å²) in [6, 6.07) is 6.95. The number of hydrogen-bond donors (Lipinski definition) is 3. The van der Waals surface area contributed by atoms with Gasteiger partial charge in [0.2, 0.25) is 0 Å². The molecule has 0 saturated heterocycles. The molecule has 21 heavy (non-hydrogen) atoms. The fourth-order valence-electron chi connectivity index (χ4n) is 1.73. The summed E-state index contributed by atoms with van der Waals surface area (Å²) in [7, 11) is 0. The van der Waals surface area contributed by atoms with Crippen molar-refractivity contribution < 1.29 is 14.7 Å². The molecule has 0 aromatic heterocycles. The molecule has 1 unspecified atom stereocenters. The van der Waals surface area contributed by atoms with Gasteiger partial charge in [-0.05, 0) is 24.8 Å². The summed E-state index contributed by atoms with van der Waals surface area (Å²) >= 11 is 1.68. The zero-order valence-electron chi connectivity index (χ0n) is 12.2. The first-order valence-corrected chi connectivity index (χ1v) is 7.99. The fourth-order valence-corrected chi connectivity index (χ4v) is 2.45. The minimum Gasteiger partial charge on any atom is -0.483 e. The second-order valence-electron chi connectivity index (χ2n) is 4.40. The third-order valence-corrected chi connectivity index (χ3v) is 3.59. The van der Waals surface area contributed by atoms with Gasteiger partial charge >= 0.3 is 0 Å². The molecular formula is C14H21N3O3S. The highest BCUT2D eigenvalue weighted by molar-refractivity contribution is 7.98. The Balaban J connectivity index is 2.61. The van der Waals surface area contributed by atoms with Crippen LogP contribution >= 0.6 is 11.8 Å². The number of nitrogens with two attached hydrogens (primary N) is 1. The summed E-state index contributed by atoms with van der Waals surface area (Å²) in [4.78, 5) is 11.9. The minimum atomic E-state index is -0.190. The van der Waals surface area contributed by atoms with Crippen LogP contribution in [-0.4, -0.2) is 41.6 Å². The molecule has 0 saturated carbocycles. The van der Waals surface area contributed by atoms with Crippen molar-refractivity contribution in [3.8, 4) is 5.75 Å². The van der Waals surface area contributed by atoms with Gasteiger partial charge in [-0.25, -0.2) is 0 Å². The van der Waals surface area contributed by atoms with Crippen molar-refractivity contribution >= 4 is 23.5 Å². The van der Waals surface area contributed by atoms with E-state index in [-0.39, 0.29) is 24.4 Å². The number of carbonyl (C=O) groups excluding carboxylic acids is 1. The molecule has 0 aliphatic carbocycles. The SMILES string of the molecule is CCC(CSC)NC(=O)COc1ccccc1/C(N)=N/O. The first-order valence-electron chi connectivity index (χ1n) is 6.60. The van der Waals surface area contributed by atoms with Gasteiger partial charge in [0.25, 0.3) is 5.91 Å². The average Bonchev–Trinajstić information content (AvgIpc) is 2.52. The van der Waals surface area contributed by atoms with Crippen LogP contribution in [0.15, 0.2) is 29.4 Å². The van der Waals surface area contributed by atoms with Crippen LogP contribution in [0.4, 0.5) is 0 Å². The predicted molar refractivity (Wildman–Crippen MR) is 85.1 cm³/mol. The zero-order valence-corrected chi connectivity index (χ0v) is 13.0. The lowest BCUT2D eigenvalue weighted by atomic mass is 10.2. The first-order chi connectivity index (χ1) is 10.1. The van der Waals surface area contributed by atoms with Gasteiger partial charge in [0.05, 0.1) is 5.56 Å². The van der Waals surface area contributed by atoms with Crippen LogP contribution in [0.2, 0.25) is 0 Å². The van der Waals surface area contributed by atoms with Gasteiger partial charge in [-0.2, -0.15) is 11.8 Å². The largest absolute Gasteiger partial charge is 0.483 e. The Morgan fingerprint density at radius 2 is 2.24 bits per heavy atom. The van der Waals surface area contributed by atoms with Crippen LogP contribution in [0, 0.1) is 0 Å². The second-order valence-corrected chi connectivity index (χ2v) is 5.31. The van der Waals surface area contributed by atoms with E-state index in [0.29, 0.717) is 11.3 Å². The normalized spacial score (nSPS) is 12.8. The van der Waals surface area contributed by atoms with Crippen molar-refractivity contribution in [1.82, 2.24) is 5.32 Å². The molecule has 4 N–H and O–H groups in total. The maximum absolute atomic E-state index is 11.9. The molecule has 0 fully saturated rings. The lowest BCUT2D eigenvalue weighted by molar-refractivity contribution is -0.123. The summed E-state index contributed by atoms with van der Waals surface area (Å²) < 4.78 is 5.45. The predicted octanol–water partition coefficient (Wildman–Crippen LogP) is 1.42. The van der Waals surface area contributed by atoms with Crippen LogP contribution < -0.4 is 15.8 Å². The molecule has 1 rings (SSSR count). The van der Waals surface area contributed by atoms with Gasteiger partial charge < -0.3 is 21.0 Å². The Morgan fingerprint density at radius 3 is 2.86 bits per heavy atom. The third kappa shape index (κ3) is 5.55. The molecular weight excluding hydrogens is 290 g/mol. The smallest absolute Gasteiger partial charge is 0.258 e. The van der Waals surface area contributed by atoms with Crippen LogP contribution in [0.3, 0.4) is 0 Å². The number of amides is 1. The molecule has 0 aliphatic rings. The van der Waals surface area contributed by atoms with Gasteiger partial charge in [0.15, 0.2) is 12.4 Å². The number of ether oxygens (including phenoxy) is 1. The van der Waals surface area contributed by atoms with E-state index in [4.69, 9.17) is 15.7 Å². The van der Waals surface area contributed by atoms with E-state index in [1.165, 1.54) is 0 Å². The minimum absolute atomic E-state index is 0.0557. The van der Waals surface area contributed by atoms with Gasteiger partial charge in [-0.1, -0.05) is 24.2 Å². The van der Waals surface area contributed by atoms with E-state index in [1.807, 2.05) is 13.2 Å². The lowest BCUT2D eigenvalue weighted by Crippen LogP contribution is -2.39. The Bertz CT molecular complexity index is 494. The average molecular weight is 311 g/mol. The monoisotopic (exact) mass is 311 g/mol. The van der Waals surface area contributed by atoms with E-state index in [9.17, 15) is 4.79 Å². The number of carbonyl (C=O) groups is 1. The molecule has 0 radical (unpaired) electrons. The Hall–Kier alpha value is -1.89. The van der Waals surface area contributed by atoms with Crippen molar-refractivity contribution in [3.05, 3.63) is 29.8 Å². The van der Waals surface area contributed by atoms with Crippen LogP contribution in [0.5, 0.6) is 5.75 Å². The second kappa shape index (κ2) is 9.12. The summed E-state index contributed by atoms with van der Waals surface area (Å²) in [6.07, 6.45) is 2.87. The zero-order chi connectivity index (χ0) is 15.7. The fraction of sp³-hybridized carbons (Fsp3) is 0.429. The van der Waals surface area contributed by atoms with E-state index in [2.05, 4.69) is 10.5 Å². The van der Waals surface area contributed by atoms with Crippen molar-refractivity contribution in [2.24, 2.45) is 10.9 Å². The molecule has 1 aromatic rings. The van der Waals surface area contributed by atoms with E-state index >= 15 is 0 Å². The van der Waals surface area contributed by atoms with Crippen molar-refractivity contribution in [2.75, 3.05) is 18.6 Å². The molecule has 1 amide bonds. The number of nitrogens with zero attached hydrogens (tertiary/aromatic N) is 1. The molecule has 0 aliphatic heterocycles. The molecule has 116 valence electrons. The highest BCUT2D eigenvalue weighted by Crippen LogP contribution is 2.17. The quantitative estimate of drug-likeness (QED) is 0.292. The van der Waals surface area contributed by atoms with Crippen LogP contribution in [-0.2, 0) is 4.79 Å². The number of oxime groups is 1. The summed E-state index contributed by atoms with van der Waals surface area (Å²) in [5, 5.41) is 14.6. The van der Waals surface area contributed by atoms with Crippen molar-refractivity contribution in [1.29, 1.82) is 0 Å². The van der Waals surface area contributed by atoms with Crippen LogP contribution in [0.1, 0.15) is 18.9 Å². The summed E-state index contributed by atoms with van der Waals surface area (Å²) in [5.74, 6) is 1.02. The van der Waals surface area contributed by atoms with E-state index < -0.39 is 0 Å². The molecule has 1 aromatic carbocycles. The van der Waals surface area contributed by atoms with E-state index in [1.54, 1.807) is 36.0 Å². The lowest BCUT2D eigenvalue weighted by Gasteiger charge is -2.16. The first kappa shape index (κ1) is 17.2. The van der Waals surface area contributed by atoms with Gasteiger partial charge in [-0.3, -0.25) is 4.79 Å². The highest BCUT2D eigenvalue weighted by atomic mass is 32.2. The topological polar surface area (TPSA) is 96.9 Å². The molecule has 7 heteroatoms. The number of para-hydroxylation sites is 1. The number of hydrogen-bond acceptors (Lipinski definition) is 5. The Labute approximate surface area is 128 Å². The molecule has 6 nitrogen and oxygen atoms in total. The van der Waals surface area contributed by atoms with Crippen LogP contribution in [0.25, 0.3) is 0 Å². The van der Waals surface area contributed by atoms with Crippen molar-refractivity contribution in [2.45, 2.75) is 19.4 Å². The number of nitrogens with one attached hydrogen (secondary N) is 1. The number of amidine groups is 1. The molecule has 0 bridgehead atoms. The molecule has 0 spiro atoms. The highest BCUT2D eigenvalue weighted by Gasteiger charge is 2.12.